The first-order valence-corrected chi connectivity index (χ1v) is 8.54. The van der Waals surface area contributed by atoms with E-state index in [4.69, 9.17) is 5.73 Å². The molecule has 2 amide bonds. The summed E-state index contributed by atoms with van der Waals surface area (Å²) in [5.74, 6) is -2.19. The summed E-state index contributed by atoms with van der Waals surface area (Å²) in [4.78, 5) is 23.6. The number of para-hydroxylation sites is 1. The first-order valence-electron chi connectivity index (χ1n) is 7.06. The maximum atomic E-state index is 13.4. The molecule has 0 bridgehead atoms. The Kier molecular flexibility index (Phi) is 4.15. The molecule has 2 aromatic rings. The van der Waals surface area contributed by atoms with Gasteiger partial charge in [-0.05, 0) is 30.3 Å². The molecule has 1 atom stereocenters. The average molecular weight is 364 g/mol. The van der Waals surface area contributed by atoms with Crippen molar-refractivity contribution in [3.63, 3.8) is 0 Å². The van der Waals surface area contributed by atoms with E-state index < -0.39 is 33.8 Å². The van der Waals surface area contributed by atoms with E-state index in [1.165, 1.54) is 12.1 Å². The second-order valence-corrected chi connectivity index (χ2v) is 6.92. The smallest absolute Gasteiger partial charge is 0.262 e. The molecular formula is C15H13FN4O4S. The highest BCUT2D eigenvalue weighted by Crippen LogP contribution is 2.27. The van der Waals surface area contributed by atoms with Gasteiger partial charge in [0.2, 0.25) is 10.0 Å². The van der Waals surface area contributed by atoms with Crippen molar-refractivity contribution in [3.8, 4) is 0 Å². The largest absolute Gasteiger partial charge is 0.366 e. The molecule has 10 heteroatoms. The molecule has 0 aromatic heterocycles. The molecule has 0 saturated carbocycles. The van der Waals surface area contributed by atoms with Gasteiger partial charge >= 0.3 is 0 Å². The van der Waals surface area contributed by atoms with Gasteiger partial charge in [-0.3, -0.25) is 9.59 Å². The Labute approximate surface area is 142 Å². The minimum absolute atomic E-state index is 0.0397. The standard InChI is InChI=1S/C15H13FN4O4S/c16-8-5-6-12-11(7-8)18-14(20-25(12,23)24)15(22)19-10-4-2-1-3-9(10)13(17)21/h1-7,14,18,20H,(H2,17,21)(H,19,22). The molecule has 8 nitrogen and oxygen atoms in total. The Morgan fingerprint density at radius 1 is 1.16 bits per heavy atom. The summed E-state index contributed by atoms with van der Waals surface area (Å²) >= 11 is 0. The molecule has 25 heavy (non-hydrogen) atoms. The van der Waals surface area contributed by atoms with Crippen LogP contribution in [0.2, 0.25) is 0 Å². The quantitative estimate of drug-likeness (QED) is 0.633. The van der Waals surface area contributed by atoms with Crippen LogP contribution in [0.1, 0.15) is 10.4 Å². The van der Waals surface area contributed by atoms with E-state index in [1.54, 1.807) is 12.1 Å². The summed E-state index contributed by atoms with van der Waals surface area (Å²) in [6.07, 6.45) is -1.39. The summed E-state index contributed by atoms with van der Waals surface area (Å²) in [6.45, 7) is 0. The Bertz CT molecular complexity index is 977. The van der Waals surface area contributed by atoms with Crippen molar-refractivity contribution >= 4 is 33.2 Å². The molecule has 5 N–H and O–H groups in total. The van der Waals surface area contributed by atoms with Crippen LogP contribution in [-0.2, 0) is 14.8 Å². The molecule has 0 saturated heterocycles. The second kappa shape index (κ2) is 6.15. The zero-order valence-electron chi connectivity index (χ0n) is 12.6. The molecular weight excluding hydrogens is 351 g/mol. The van der Waals surface area contributed by atoms with E-state index in [2.05, 4.69) is 15.4 Å². The monoisotopic (exact) mass is 364 g/mol. The molecule has 1 heterocycles. The fraction of sp³-hybridized carbons (Fsp3) is 0.0667. The first kappa shape index (κ1) is 16.9. The topological polar surface area (TPSA) is 130 Å². The Morgan fingerprint density at radius 2 is 1.88 bits per heavy atom. The van der Waals surface area contributed by atoms with E-state index >= 15 is 0 Å². The van der Waals surface area contributed by atoms with Gasteiger partial charge in [0.05, 0.1) is 16.9 Å². The summed E-state index contributed by atoms with van der Waals surface area (Å²) in [7, 11) is -4.00. The maximum absolute atomic E-state index is 13.4. The number of nitrogens with one attached hydrogen (secondary N) is 3. The van der Waals surface area contributed by atoms with E-state index in [-0.39, 0.29) is 21.8 Å². The number of hydrogen-bond acceptors (Lipinski definition) is 5. The Morgan fingerprint density at radius 3 is 2.60 bits per heavy atom. The number of primary amides is 1. The summed E-state index contributed by atoms with van der Waals surface area (Å²) in [5, 5.41) is 5.03. The van der Waals surface area contributed by atoms with Gasteiger partial charge in [0, 0.05) is 0 Å². The number of carbonyl (C=O) groups excluding carboxylic acids is 2. The van der Waals surface area contributed by atoms with Gasteiger partial charge in [0.15, 0.2) is 6.17 Å². The molecule has 0 spiro atoms. The maximum Gasteiger partial charge on any atom is 0.262 e. The number of hydrogen-bond donors (Lipinski definition) is 4. The van der Waals surface area contributed by atoms with Crippen LogP contribution in [0.4, 0.5) is 15.8 Å². The van der Waals surface area contributed by atoms with Gasteiger partial charge in [-0.1, -0.05) is 12.1 Å². The van der Waals surface area contributed by atoms with Gasteiger partial charge in [-0.25, -0.2) is 12.8 Å². The highest BCUT2D eigenvalue weighted by molar-refractivity contribution is 7.89. The number of halogens is 1. The molecule has 130 valence electrons. The van der Waals surface area contributed by atoms with Crippen LogP contribution in [0.5, 0.6) is 0 Å². The number of carbonyl (C=O) groups is 2. The second-order valence-electron chi connectivity index (χ2n) is 5.24. The first-order chi connectivity index (χ1) is 11.8. The van der Waals surface area contributed by atoms with Crippen molar-refractivity contribution < 1.29 is 22.4 Å². The number of amides is 2. The van der Waals surface area contributed by atoms with Crippen LogP contribution in [0.25, 0.3) is 0 Å². The lowest BCUT2D eigenvalue weighted by molar-refractivity contribution is -0.117. The molecule has 0 aliphatic carbocycles. The molecule has 1 aliphatic heterocycles. The Balaban J connectivity index is 1.89. The fourth-order valence-electron chi connectivity index (χ4n) is 2.38. The normalized spacial score (nSPS) is 17.9. The van der Waals surface area contributed by atoms with E-state index in [9.17, 15) is 22.4 Å². The number of rotatable bonds is 3. The van der Waals surface area contributed by atoms with Crippen molar-refractivity contribution in [2.45, 2.75) is 11.1 Å². The van der Waals surface area contributed by atoms with Crippen molar-refractivity contribution in [1.82, 2.24) is 4.72 Å². The molecule has 1 unspecified atom stereocenters. The van der Waals surface area contributed by atoms with Crippen molar-refractivity contribution in [3.05, 3.63) is 53.8 Å². The van der Waals surface area contributed by atoms with Crippen molar-refractivity contribution in [2.24, 2.45) is 5.73 Å². The molecule has 1 aliphatic rings. The van der Waals surface area contributed by atoms with Crippen LogP contribution in [-0.4, -0.2) is 26.4 Å². The number of fused-ring (bicyclic) bond motifs is 1. The highest BCUT2D eigenvalue weighted by Gasteiger charge is 2.33. The van der Waals surface area contributed by atoms with E-state index in [1.807, 2.05) is 0 Å². The molecule has 3 rings (SSSR count). The number of sulfonamides is 1. The SMILES string of the molecule is NC(=O)c1ccccc1NC(=O)C1Nc2cc(F)ccc2S(=O)(=O)N1. The van der Waals surface area contributed by atoms with Crippen LogP contribution < -0.4 is 21.1 Å². The lowest BCUT2D eigenvalue weighted by Crippen LogP contribution is -2.51. The summed E-state index contributed by atoms with van der Waals surface area (Å²) in [5.41, 5.74) is 5.39. The van der Waals surface area contributed by atoms with Gasteiger partial charge < -0.3 is 16.4 Å². The van der Waals surface area contributed by atoms with E-state index in [0.29, 0.717) is 0 Å². The number of anilines is 2. The molecule has 2 aromatic carbocycles. The minimum Gasteiger partial charge on any atom is -0.366 e. The van der Waals surface area contributed by atoms with Crippen LogP contribution >= 0.6 is 0 Å². The number of benzene rings is 2. The zero-order valence-corrected chi connectivity index (χ0v) is 13.4. The van der Waals surface area contributed by atoms with Crippen LogP contribution in [0, 0.1) is 5.82 Å². The van der Waals surface area contributed by atoms with Gasteiger partial charge in [-0.15, -0.1) is 0 Å². The van der Waals surface area contributed by atoms with Crippen molar-refractivity contribution in [2.75, 3.05) is 10.6 Å². The zero-order chi connectivity index (χ0) is 18.2. The highest BCUT2D eigenvalue weighted by atomic mass is 32.2. The van der Waals surface area contributed by atoms with Gasteiger partial charge in [-0.2, -0.15) is 4.72 Å². The minimum atomic E-state index is -4.00. The third-order valence-electron chi connectivity index (χ3n) is 3.52. The van der Waals surface area contributed by atoms with Gasteiger partial charge in [0.1, 0.15) is 10.7 Å². The predicted molar refractivity (Wildman–Crippen MR) is 87.7 cm³/mol. The predicted octanol–water partition coefficient (Wildman–Crippen LogP) is 0.593. The summed E-state index contributed by atoms with van der Waals surface area (Å²) < 4.78 is 39.9. The van der Waals surface area contributed by atoms with Crippen LogP contribution in [0.15, 0.2) is 47.4 Å². The lowest BCUT2D eigenvalue weighted by atomic mass is 10.1. The van der Waals surface area contributed by atoms with E-state index in [0.717, 1.165) is 18.2 Å². The molecule has 0 radical (unpaired) electrons. The fourth-order valence-corrected chi connectivity index (χ4v) is 3.64. The van der Waals surface area contributed by atoms with Crippen LogP contribution in [0.3, 0.4) is 0 Å². The molecule has 0 fully saturated rings. The third kappa shape index (κ3) is 3.30. The summed E-state index contributed by atoms with van der Waals surface area (Å²) in [6, 6.07) is 9.08. The number of nitrogens with two attached hydrogens (primary N) is 1. The average Bonchev–Trinajstić information content (AvgIpc) is 2.53. The van der Waals surface area contributed by atoms with Gasteiger partial charge in [0.25, 0.3) is 11.8 Å². The third-order valence-corrected chi connectivity index (χ3v) is 5.00. The van der Waals surface area contributed by atoms with Crippen molar-refractivity contribution in [1.29, 1.82) is 0 Å². The lowest BCUT2D eigenvalue weighted by Gasteiger charge is -2.27. The Hall–Kier alpha value is -2.98.